The van der Waals surface area contributed by atoms with Crippen molar-refractivity contribution in [2.75, 3.05) is 6.54 Å². The maximum atomic E-state index is 11.5. The normalized spacial score (nSPS) is 46.2. The fraction of sp³-hybridized carbons (Fsp3) is 1.00. The summed E-state index contributed by atoms with van der Waals surface area (Å²) in [6, 6.07) is 0. The third-order valence-electron chi connectivity index (χ3n) is 5.28. The Labute approximate surface area is 97.3 Å². The van der Waals surface area contributed by atoms with Crippen molar-refractivity contribution >= 4 is 10.1 Å². The van der Waals surface area contributed by atoms with Crippen LogP contribution in [0.25, 0.3) is 0 Å². The summed E-state index contributed by atoms with van der Waals surface area (Å²) in [5.41, 5.74) is 5.67. The van der Waals surface area contributed by atoms with E-state index < -0.39 is 15.4 Å². The van der Waals surface area contributed by atoms with Gasteiger partial charge >= 0.3 is 0 Å². The molecule has 3 unspecified atom stereocenters. The Kier molecular flexibility index (Phi) is 2.64. The van der Waals surface area contributed by atoms with Crippen LogP contribution in [0.1, 0.15) is 27.2 Å². The van der Waals surface area contributed by atoms with Gasteiger partial charge in [-0.25, -0.2) is 0 Å². The highest BCUT2D eigenvalue weighted by atomic mass is 32.2. The summed E-state index contributed by atoms with van der Waals surface area (Å²) in [6.45, 7) is 6.74. The van der Waals surface area contributed by atoms with Crippen molar-refractivity contribution in [3.8, 4) is 0 Å². The van der Waals surface area contributed by atoms with Gasteiger partial charge in [-0.1, -0.05) is 20.8 Å². The van der Waals surface area contributed by atoms with Gasteiger partial charge in [0.15, 0.2) is 0 Å². The highest BCUT2D eigenvalue weighted by molar-refractivity contribution is 7.86. The molecule has 4 nitrogen and oxygen atoms in total. The van der Waals surface area contributed by atoms with E-state index in [1.165, 1.54) is 0 Å². The molecule has 0 heterocycles. The average molecular weight is 247 g/mol. The van der Waals surface area contributed by atoms with Crippen LogP contribution in [0, 0.1) is 29.1 Å². The maximum absolute atomic E-state index is 11.5. The van der Waals surface area contributed by atoms with E-state index in [2.05, 4.69) is 20.8 Å². The predicted molar refractivity (Wildman–Crippen MR) is 62.4 cm³/mol. The first-order valence-electron chi connectivity index (χ1n) is 5.87. The monoisotopic (exact) mass is 247 g/mol. The second-order valence-corrected chi connectivity index (χ2v) is 7.57. The summed E-state index contributed by atoms with van der Waals surface area (Å²) in [5, 5.41) is -0.645. The molecule has 2 saturated carbocycles. The molecule has 94 valence electrons. The van der Waals surface area contributed by atoms with Crippen LogP contribution in [0.5, 0.6) is 0 Å². The lowest BCUT2D eigenvalue weighted by Gasteiger charge is -2.43. The van der Waals surface area contributed by atoms with Gasteiger partial charge in [0.25, 0.3) is 10.1 Å². The van der Waals surface area contributed by atoms with Gasteiger partial charge in [-0.15, -0.1) is 0 Å². The van der Waals surface area contributed by atoms with Crippen LogP contribution in [-0.2, 0) is 10.1 Å². The number of hydrogen-bond acceptors (Lipinski definition) is 3. The third kappa shape index (κ3) is 1.45. The Hall–Kier alpha value is -0.130. The maximum Gasteiger partial charge on any atom is 0.268 e. The molecule has 5 heteroatoms. The number of rotatable bonds is 2. The van der Waals surface area contributed by atoms with Crippen LogP contribution in [0.2, 0.25) is 0 Å². The quantitative estimate of drug-likeness (QED) is 0.717. The Morgan fingerprint density at radius 1 is 1.44 bits per heavy atom. The Morgan fingerprint density at radius 2 is 2.00 bits per heavy atom. The number of hydrogen-bond donors (Lipinski definition) is 2. The van der Waals surface area contributed by atoms with E-state index in [-0.39, 0.29) is 17.3 Å². The summed E-state index contributed by atoms with van der Waals surface area (Å²) in [5.74, 6) is 0.806. The van der Waals surface area contributed by atoms with Crippen molar-refractivity contribution in [2.24, 2.45) is 34.8 Å². The predicted octanol–water partition coefficient (Wildman–Crippen LogP) is 1.13. The average Bonchev–Trinajstić information content (AvgIpc) is 2.62. The summed E-state index contributed by atoms with van der Waals surface area (Å²) < 4.78 is 32.4. The molecule has 2 fully saturated rings. The summed E-state index contributed by atoms with van der Waals surface area (Å²) in [7, 11) is -3.97. The molecule has 2 aliphatic rings. The van der Waals surface area contributed by atoms with Gasteiger partial charge in [0, 0.05) is 0 Å². The molecule has 0 amide bonds. The minimum absolute atomic E-state index is 0.0171. The molecule has 2 bridgehead atoms. The Bertz CT molecular complexity index is 390. The van der Waals surface area contributed by atoms with Gasteiger partial charge < -0.3 is 5.73 Å². The van der Waals surface area contributed by atoms with Crippen molar-refractivity contribution < 1.29 is 13.0 Å². The van der Waals surface area contributed by atoms with Gasteiger partial charge in [0.2, 0.25) is 0 Å². The van der Waals surface area contributed by atoms with Gasteiger partial charge in [0.1, 0.15) is 0 Å². The lowest BCUT2D eigenvalue weighted by atomic mass is 9.66. The summed E-state index contributed by atoms with van der Waals surface area (Å²) in [4.78, 5) is 0. The standard InChI is InChI=1S/C11H21NO3S/c1-6-7-4-9(11(6,2)3)10(8(7)5-12)16(13,14)15/h6-10H,4-5,12H2,1-3H3,(H,13,14,15)/t6?,7?,8-,9?,10-/m0/s1. The van der Waals surface area contributed by atoms with E-state index in [0.29, 0.717) is 18.4 Å². The topological polar surface area (TPSA) is 80.4 Å². The van der Waals surface area contributed by atoms with E-state index in [0.717, 1.165) is 6.42 Å². The molecule has 0 aromatic rings. The first-order chi connectivity index (χ1) is 7.21. The fourth-order valence-corrected chi connectivity index (χ4v) is 5.70. The first-order valence-corrected chi connectivity index (χ1v) is 7.38. The molecule has 0 radical (unpaired) electrons. The molecular weight excluding hydrogens is 226 g/mol. The molecular formula is C11H21NO3S. The van der Waals surface area contributed by atoms with Gasteiger partial charge in [-0.2, -0.15) is 8.42 Å². The second kappa shape index (κ2) is 3.43. The Balaban J connectivity index is 2.42. The van der Waals surface area contributed by atoms with E-state index in [1.807, 2.05) is 0 Å². The van der Waals surface area contributed by atoms with Crippen LogP contribution in [0.4, 0.5) is 0 Å². The highest BCUT2D eigenvalue weighted by Gasteiger charge is 2.63. The van der Waals surface area contributed by atoms with E-state index in [1.54, 1.807) is 0 Å². The zero-order valence-electron chi connectivity index (χ0n) is 10.1. The van der Waals surface area contributed by atoms with Crippen LogP contribution in [0.15, 0.2) is 0 Å². The lowest BCUT2D eigenvalue weighted by Crippen LogP contribution is -2.48. The number of nitrogens with two attached hydrogens (primary N) is 1. The zero-order chi connectivity index (χ0) is 12.3. The molecule has 16 heavy (non-hydrogen) atoms. The molecule has 0 spiro atoms. The van der Waals surface area contributed by atoms with Crippen molar-refractivity contribution in [1.29, 1.82) is 0 Å². The van der Waals surface area contributed by atoms with E-state index >= 15 is 0 Å². The SMILES string of the molecule is CC1C2CC([C@@H](S(=O)(=O)O)[C@H]2CN)C1(C)C. The zero-order valence-corrected chi connectivity index (χ0v) is 10.9. The molecule has 3 N–H and O–H groups in total. The molecule has 2 aliphatic carbocycles. The third-order valence-corrected chi connectivity index (χ3v) is 6.65. The summed E-state index contributed by atoms with van der Waals surface area (Å²) >= 11 is 0. The first kappa shape index (κ1) is 12.3. The van der Waals surface area contributed by atoms with Crippen LogP contribution in [0.3, 0.4) is 0 Å². The fourth-order valence-electron chi connectivity index (χ4n) is 4.07. The largest absolute Gasteiger partial charge is 0.330 e. The molecule has 0 aromatic heterocycles. The van der Waals surface area contributed by atoms with Crippen molar-refractivity contribution in [2.45, 2.75) is 32.4 Å². The van der Waals surface area contributed by atoms with Crippen LogP contribution < -0.4 is 5.73 Å². The minimum atomic E-state index is -3.97. The number of fused-ring (bicyclic) bond motifs is 2. The summed E-state index contributed by atoms with van der Waals surface area (Å²) in [6.07, 6.45) is 0.889. The Morgan fingerprint density at radius 3 is 2.44 bits per heavy atom. The van der Waals surface area contributed by atoms with Crippen LogP contribution >= 0.6 is 0 Å². The lowest BCUT2D eigenvalue weighted by molar-refractivity contribution is 0.100. The van der Waals surface area contributed by atoms with Gasteiger partial charge in [0.05, 0.1) is 5.25 Å². The van der Waals surface area contributed by atoms with E-state index in [9.17, 15) is 13.0 Å². The second-order valence-electron chi connectivity index (χ2n) is 6.00. The van der Waals surface area contributed by atoms with Crippen molar-refractivity contribution in [3.63, 3.8) is 0 Å². The van der Waals surface area contributed by atoms with Gasteiger partial charge in [-0.3, -0.25) is 4.55 Å². The van der Waals surface area contributed by atoms with Crippen molar-refractivity contribution in [1.82, 2.24) is 0 Å². The van der Waals surface area contributed by atoms with Gasteiger partial charge in [-0.05, 0) is 42.1 Å². The van der Waals surface area contributed by atoms with Crippen LogP contribution in [-0.4, -0.2) is 24.8 Å². The molecule has 2 rings (SSSR count). The molecule has 0 saturated heterocycles. The van der Waals surface area contributed by atoms with Crippen molar-refractivity contribution in [3.05, 3.63) is 0 Å². The van der Waals surface area contributed by atoms with E-state index in [4.69, 9.17) is 5.73 Å². The molecule has 0 aromatic carbocycles. The smallest absolute Gasteiger partial charge is 0.268 e. The molecule has 0 aliphatic heterocycles. The highest BCUT2D eigenvalue weighted by Crippen LogP contribution is 2.62. The minimum Gasteiger partial charge on any atom is -0.330 e. The molecule has 5 atom stereocenters.